The summed E-state index contributed by atoms with van der Waals surface area (Å²) in [6, 6.07) is 7.66. The van der Waals surface area contributed by atoms with Crippen molar-refractivity contribution in [2.45, 2.75) is 0 Å². The van der Waals surface area contributed by atoms with Gasteiger partial charge >= 0.3 is 0 Å². The fraction of sp³-hybridized carbons (Fsp3) is 0.444. The number of aromatic nitrogens is 3. The van der Waals surface area contributed by atoms with Gasteiger partial charge in [-0.15, -0.1) is 10.2 Å². The van der Waals surface area contributed by atoms with Crippen LogP contribution in [0.15, 0.2) is 36.9 Å². The summed E-state index contributed by atoms with van der Waals surface area (Å²) in [7, 11) is 4.23. The summed E-state index contributed by atoms with van der Waals surface area (Å²) in [5, 5.41) is 14.6. The molecule has 1 saturated heterocycles. The van der Waals surface area contributed by atoms with Crippen molar-refractivity contribution < 1.29 is 14.7 Å². The number of benzene rings is 1. The Morgan fingerprint density at radius 3 is 2.38 bits per heavy atom. The Morgan fingerprint density at radius 1 is 1.23 bits per heavy atom. The van der Waals surface area contributed by atoms with Crippen LogP contribution in [0.4, 0.5) is 0 Å². The molecule has 0 spiro atoms. The number of carboxylic acid groups (broad SMARTS) is 1. The van der Waals surface area contributed by atoms with E-state index in [4.69, 9.17) is 9.90 Å². The van der Waals surface area contributed by atoms with E-state index < -0.39 is 0 Å². The summed E-state index contributed by atoms with van der Waals surface area (Å²) in [5.41, 5.74) is 1.56. The standard InChI is InChI=1S/C17H21N5O.CH2O2/c1-20(2)7-13-14-8-21(9-15(13)14)17(23)12-5-3-4-6-16(12)22-10-18-19-11-22;2-1-3/h3-6,10-11,13-15H,7-9H2,1-2H3;1H,(H,2,3)/t13?,14-,15+;. The van der Waals surface area contributed by atoms with Crippen molar-refractivity contribution >= 4 is 12.4 Å². The lowest BCUT2D eigenvalue weighted by atomic mass is 10.1. The fourth-order valence-electron chi connectivity index (χ4n) is 3.88. The molecule has 0 bridgehead atoms. The molecule has 8 nitrogen and oxygen atoms in total. The Bertz CT molecular complexity index is 750. The number of carbonyl (C=O) groups is 2. The number of likely N-dealkylation sites (tertiary alicyclic amines) is 1. The molecule has 1 unspecified atom stereocenters. The maximum atomic E-state index is 12.9. The van der Waals surface area contributed by atoms with Crippen LogP contribution in [0.5, 0.6) is 0 Å². The molecule has 26 heavy (non-hydrogen) atoms. The van der Waals surface area contributed by atoms with Gasteiger partial charge in [-0.1, -0.05) is 12.1 Å². The van der Waals surface area contributed by atoms with Crippen molar-refractivity contribution in [1.29, 1.82) is 0 Å². The van der Waals surface area contributed by atoms with E-state index in [-0.39, 0.29) is 12.4 Å². The normalized spacial score (nSPS) is 23.2. The summed E-state index contributed by atoms with van der Waals surface area (Å²) in [5.74, 6) is 2.25. The summed E-state index contributed by atoms with van der Waals surface area (Å²) >= 11 is 0. The van der Waals surface area contributed by atoms with Crippen LogP contribution in [-0.2, 0) is 4.79 Å². The molecule has 4 rings (SSSR count). The van der Waals surface area contributed by atoms with Crippen LogP contribution in [0.25, 0.3) is 5.69 Å². The molecular weight excluding hydrogens is 334 g/mol. The number of hydrogen-bond acceptors (Lipinski definition) is 5. The summed E-state index contributed by atoms with van der Waals surface area (Å²) in [6.07, 6.45) is 3.25. The zero-order chi connectivity index (χ0) is 18.7. The van der Waals surface area contributed by atoms with E-state index in [2.05, 4.69) is 29.2 Å². The quantitative estimate of drug-likeness (QED) is 0.816. The van der Waals surface area contributed by atoms with Gasteiger partial charge < -0.3 is 14.9 Å². The van der Waals surface area contributed by atoms with Crippen molar-refractivity contribution in [3.63, 3.8) is 0 Å². The number of carbonyl (C=O) groups excluding carboxylic acids is 1. The molecule has 2 aliphatic rings. The molecule has 1 amide bonds. The van der Waals surface area contributed by atoms with E-state index >= 15 is 0 Å². The predicted molar refractivity (Wildman–Crippen MR) is 95.0 cm³/mol. The molecule has 1 aromatic heterocycles. The molecule has 1 saturated carbocycles. The molecule has 1 aliphatic carbocycles. The Morgan fingerprint density at radius 2 is 1.81 bits per heavy atom. The van der Waals surface area contributed by atoms with Crippen LogP contribution < -0.4 is 0 Å². The van der Waals surface area contributed by atoms with Crippen LogP contribution in [0.3, 0.4) is 0 Å². The molecular formula is C18H23N5O3. The molecule has 1 aromatic carbocycles. The van der Waals surface area contributed by atoms with Gasteiger partial charge in [-0.05, 0) is 44.0 Å². The van der Waals surface area contributed by atoms with Crippen LogP contribution in [0, 0.1) is 17.8 Å². The summed E-state index contributed by atoms with van der Waals surface area (Å²) in [4.78, 5) is 25.5. The predicted octanol–water partition coefficient (Wildman–Crippen LogP) is 0.848. The number of rotatable bonds is 4. The van der Waals surface area contributed by atoms with Crippen molar-refractivity contribution in [3.05, 3.63) is 42.5 Å². The van der Waals surface area contributed by atoms with Gasteiger partial charge in [0.25, 0.3) is 12.4 Å². The molecule has 8 heteroatoms. The molecule has 1 aliphatic heterocycles. The molecule has 138 valence electrons. The molecule has 2 heterocycles. The Kier molecular flexibility index (Phi) is 5.32. The molecule has 1 N–H and O–H groups in total. The maximum absolute atomic E-state index is 12.9. The first kappa shape index (κ1) is 18.1. The van der Waals surface area contributed by atoms with Gasteiger partial charge in [0.05, 0.1) is 11.3 Å². The number of para-hydroxylation sites is 1. The number of hydrogen-bond donors (Lipinski definition) is 1. The van der Waals surface area contributed by atoms with Crippen LogP contribution in [0.1, 0.15) is 10.4 Å². The van der Waals surface area contributed by atoms with E-state index in [1.54, 1.807) is 17.2 Å². The van der Waals surface area contributed by atoms with Gasteiger partial charge in [0, 0.05) is 19.6 Å². The first-order valence-electron chi connectivity index (χ1n) is 8.52. The minimum absolute atomic E-state index is 0.116. The van der Waals surface area contributed by atoms with Crippen molar-refractivity contribution in [3.8, 4) is 5.69 Å². The topological polar surface area (TPSA) is 91.6 Å². The van der Waals surface area contributed by atoms with Gasteiger partial charge in [-0.3, -0.25) is 14.2 Å². The van der Waals surface area contributed by atoms with Gasteiger partial charge in [-0.25, -0.2) is 0 Å². The lowest BCUT2D eigenvalue weighted by molar-refractivity contribution is -0.122. The monoisotopic (exact) mass is 357 g/mol. The third-order valence-corrected chi connectivity index (χ3v) is 5.07. The van der Waals surface area contributed by atoms with Gasteiger partial charge in [-0.2, -0.15) is 0 Å². The molecule has 2 fully saturated rings. The second-order valence-electron chi connectivity index (χ2n) is 6.96. The number of piperidine rings is 1. The SMILES string of the molecule is CN(C)CC1[C@H]2CN(C(=O)c3ccccc3-n3cnnc3)C[C@@H]12.O=CO. The first-order valence-corrected chi connectivity index (χ1v) is 8.52. The smallest absolute Gasteiger partial charge is 0.290 e. The number of nitrogens with zero attached hydrogens (tertiary/aromatic N) is 5. The molecule has 3 atom stereocenters. The average molecular weight is 357 g/mol. The van der Waals surface area contributed by atoms with Crippen molar-refractivity contribution in [2.75, 3.05) is 33.7 Å². The van der Waals surface area contributed by atoms with Crippen LogP contribution in [-0.4, -0.2) is 75.8 Å². The third kappa shape index (κ3) is 3.60. The average Bonchev–Trinajstić information content (AvgIpc) is 3.08. The zero-order valence-electron chi connectivity index (χ0n) is 14.9. The zero-order valence-corrected chi connectivity index (χ0v) is 14.9. The summed E-state index contributed by atoms with van der Waals surface area (Å²) in [6.45, 7) is 2.66. The highest BCUT2D eigenvalue weighted by Crippen LogP contribution is 2.52. The molecule has 2 aromatic rings. The van der Waals surface area contributed by atoms with Crippen molar-refractivity contribution in [2.24, 2.45) is 17.8 Å². The highest BCUT2D eigenvalue weighted by atomic mass is 16.3. The largest absolute Gasteiger partial charge is 0.483 e. The second kappa shape index (κ2) is 7.65. The van der Waals surface area contributed by atoms with E-state index in [1.807, 2.05) is 29.2 Å². The molecule has 0 radical (unpaired) electrons. The highest BCUT2D eigenvalue weighted by molar-refractivity contribution is 5.98. The minimum atomic E-state index is -0.250. The van der Waals surface area contributed by atoms with E-state index in [9.17, 15) is 4.79 Å². The van der Waals surface area contributed by atoms with Crippen LogP contribution in [0.2, 0.25) is 0 Å². The minimum Gasteiger partial charge on any atom is -0.483 e. The van der Waals surface area contributed by atoms with Gasteiger partial charge in [0.15, 0.2) is 0 Å². The lowest BCUT2D eigenvalue weighted by Gasteiger charge is -2.22. The first-order chi connectivity index (χ1) is 12.6. The van der Waals surface area contributed by atoms with Gasteiger partial charge in [0.2, 0.25) is 0 Å². The Hall–Kier alpha value is -2.74. The highest BCUT2D eigenvalue weighted by Gasteiger charge is 2.56. The second-order valence-corrected chi connectivity index (χ2v) is 6.96. The number of amides is 1. The maximum Gasteiger partial charge on any atom is 0.290 e. The number of fused-ring (bicyclic) bond motifs is 1. The van der Waals surface area contributed by atoms with E-state index in [0.29, 0.717) is 11.8 Å². The Labute approximate surface area is 152 Å². The fourth-order valence-corrected chi connectivity index (χ4v) is 3.88. The lowest BCUT2D eigenvalue weighted by Crippen LogP contribution is -2.33. The third-order valence-electron chi connectivity index (χ3n) is 5.07. The van der Waals surface area contributed by atoms with Crippen LogP contribution >= 0.6 is 0 Å². The Balaban J connectivity index is 0.000000613. The van der Waals surface area contributed by atoms with E-state index in [0.717, 1.165) is 36.8 Å². The van der Waals surface area contributed by atoms with E-state index in [1.165, 1.54) is 0 Å². The van der Waals surface area contributed by atoms with Gasteiger partial charge in [0.1, 0.15) is 12.7 Å². The summed E-state index contributed by atoms with van der Waals surface area (Å²) < 4.78 is 1.79. The van der Waals surface area contributed by atoms with Crippen molar-refractivity contribution in [1.82, 2.24) is 24.6 Å².